The van der Waals surface area contributed by atoms with Crippen LogP contribution in [0.25, 0.3) is 0 Å². The molecule has 1 amide bonds. The fraction of sp³-hybridized carbons (Fsp3) is 0.750. The van der Waals surface area contributed by atoms with Crippen LogP contribution in [-0.2, 0) is 6.42 Å². The summed E-state index contributed by atoms with van der Waals surface area (Å²) in [5.74, 6) is 1.62. The molecule has 1 aromatic rings. The minimum Gasteiger partial charge on any atom is -0.347 e. The second-order valence-electron chi connectivity index (χ2n) is 4.94. The summed E-state index contributed by atoms with van der Waals surface area (Å²) in [5.41, 5.74) is 0. The Morgan fingerprint density at radius 3 is 3.00 bits per heavy atom. The van der Waals surface area contributed by atoms with Crippen LogP contribution in [-0.4, -0.2) is 27.1 Å². The molecule has 0 aromatic carbocycles. The van der Waals surface area contributed by atoms with Crippen LogP contribution < -0.4 is 5.32 Å². The third-order valence-corrected chi connectivity index (χ3v) is 3.25. The molecule has 5 nitrogen and oxygen atoms in total. The van der Waals surface area contributed by atoms with E-state index in [1.165, 1.54) is 6.42 Å². The second kappa shape index (κ2) is 5.29. The zero-order chi connectivity index (χ0) is 12.3. The van der Waals surface area contributed by atoms with Crippen molar-refractivity contribution in [2.45, 2.75) is 52.0 Å². The fourth-order valence-corrected chi connectivity index (χ4v) is 2.33. The molecule has 0 bridgehead atoms. The highest BCUT2D eigenvalue weighted by atomic mass is 16.2. The van der Waals surface area contributed by atoms with Crippen molar-refractivity contribution in [3.8, 4) is 0 Å². The average molecular weight is 236 g/mol. The minimum absolute atomic E-state index is 0.150. The highest BCUT2D eigenvalue weighted by Gasteiger charge is 2.24. The Morgan fingerprint density at radius 2 is 2.35 bits per heavy atom. The van der Waals surface area contributed by atoms with Gasteiger partial charge in [-0.3, -0.25) is 9.89 Å². The number of H-pyrrole nitrogens is 1. The van der Waals surface area contributed by atoms with Crippen LogP contribution in [0.1, 0.15) is 56.0 Å². The van der Waals surface area contributed by atoms with Crippen molar-refractivity contribution in [1.29, 1.82) is 0 Å². The lowest BCUT2D eigenvalue weighted by Gasteiger charge is -2.10. The Hall–Kier alpha value is -1.39. The Labute approximate surface area is 101 Å². The molecule has 1 aliphatic rings. The summed E-state index contributed by atoms with van der Waals surface area (Å²) in [6.07, 6.45) is 5.16. The van der Waals surface area contributed by atoms with Gasteiger partial charge in [-0.05, 0) is 31.6 Å². The second-order valence-corrected chi connectivity index (χ2v) is 4.94. The third kappa shape index (κ3) is 3.05. The lowest BCUT2D eigenvalue weighted by molar-refractivity contribution is 0.0927. The van der Waals surface area contributed by atoms with E-state index in [0.717, 1.165) is 31.5 Å². The van der Waals surface area contributed by atoms with Gasteiger partial charge in [0, 0.05) is 12.5 Å². The monoisotopic (exact) mass is 236 g/mol. The summed E-state index contributed by atoms with van der Waals surface area (Å²) in [6, 6.07) is 0.297. The zero-order valence-corrected chi connectivity index (χ0v) is 10.5. The van der Waals surface area contributed by atoms with Crippen LogP contribution in [0.2, 0.25) is 0 Å². The summed E-state index contributed by atoms with van der Waals surface area (Å²) in [6.45, 7) is 4.29. The highest BCUT2D eigenvalue weighted by Crippen LogP contribution is 2.24. The molecular formula is C12H20N4O. The smallest absolute Gasteiger partial charge is 0.291 e. The maximum atomic E-state index is 11.9. The predicted octanol–water partition coefficient (Wildman–Crippen LogP) is 1.68. The molecule has 1 aliphatic carbocycles. The first-order valence-corrected chi connectivity index (χ1v) is 6.41. The summed E-state index contributed by atoms with van der Waals surface area (Å²) in [7, 11) is 0. The van der Waals surface area contributed by atoms with Gasteiger partial charge in [-0.1, -0.05) is 13.8 Å². The van der Waals surface area contributed by atoms with Crippen LogP contribution in [0.4, 0.5) is 0 Å². The quantitative estimate of drug-likeness (QED) is 0.835. The minimum atomic E-state index is -0.150. The van der Waals surface area contributed by atoms with Crippen LogP contribution in [0.3, 0.4) is 0 Å². The van der Waals surface area contributed by atoms with E-state index in [-0.39, 0.29) is 11.7 Å². The summed E-state index contributed by atoms with van der Waals surface area (Å²) in [5, 5.41) is 9.74. The lowest BCUT2D eigenvalue weighted by Crippen LogP contribution is -2.33. The highest BCUT2D eigenvalue weighted by molar-refractivity contribution is 5.90. The van der Waals surface area contributed by atoms with Crippen molar-refractivity contribution in [2.75, 3.05) is 0 Å². The summed E-state index contributed by atoms with van der Waals surface area (Å²) < 4.78 is 0. The molecule has 2 atom stereocenters. The van der Waals surface area contributed by atoms with Gasteiger partial charge in [0.05, 0.1) is 0 Å². The molecule has 2 unspecified atom stereocenters. The number of hydrogen-bond acceptors (Lipinski definition) is 3. The number of aromatic amines is 1. The fourth-order valence-electron chi connectivity index (χ4n) is 2.33. The molecule has 2 N–H and O–H groups in total. The van der Waals surface area contributed by atoms with Crippen molar-refractivity contribution in [2.24, 2.45) is 5.92 Å². The molecular weight excluding hydrogens is 216 g/mol. The van der Waals surface area contributed by atoms with Gasteiger partial charge in [-0.25, -0.2) is 4.98 Å². The van der Waals surface area contributed by atoms with E-state index in [9.17, 15) is 4.79 Å². The maximum absolute atomic E-state index is 11.9. The molecule has 5 heteroatoms. The molecule has 0 aliphatic heterocycles. The molecule has 0 radical (unpaired) electrons. The molecule has 0 saturated heterocycles. The van der Waals surface area contributed by atoms with Crippen molar-refractivity contribution in [1.82, 2.24) is 20.5 Å². The van der Waals surface area contributed by atoms with Crippen LogP contribution in [0.5, 0.6) is 0 Å². The maximum Gasteiger partial charge on any atom is 0.291 e. The van der Waals surface area contributed by atoms with Crippen molar-refractivity contribution in [3.05, 3.63) is 11.6 Å². The van der Waals surface area contributed by atoms with Crippen molar-refractivity contribution in [3.63, 3.8) is 0 Å². The topological polar surface area (TPSA) is 70.7 Å². The van der Waals surface area contributed by atoms with Gasteiger partial charge < -0.3 is 5.32 Å². The normalized spacial score (nSPS) is 23.9. The molecule has 1 fully saturated rings. The first-order valence-electron chi connectivity index (χ1n) is 6.41. The number of hydrogen-bond donors (Lipinski definition) is 2. The number of aryl methyl sites for hydroxylation is 1. The number of amides is 1. The van der Waals surface area contributed by atoms with Gasteiger partial charge >= 0.3 is 0 Å². The summed E-state index contributed by atoms with van der Waals surface area (Å²) in [4.78, 5) is 16.1. The number of nitrogens with one attached hydrogen (secondary N) is 2. The van der Waals surface area contributed by atoms with E-state index in [4.69, 9.17) is 0 Å². The molecule has 0 spiro atoms. The van der Waals surface area contributed by atoms with E-state index in [1.807, 2.05) is 0 Å². The Bertz CT molecular complexity index is 388. The van der Waals surface area contributed by atoms with Crippen LogP contribution in [0.15, 0.2) is 0 Å². The van der Waals surface area contributed by atoms with Gasteiger partial charge in [0.15, 0.2) is 0 Å². The number of carbonyl (C=O) groups excluding carboxylic acids is 1. The van der Waals surface area contributed by atoms with Gasteiger partial charge in [0.1, 0.15) is 5.82 Å². The molecule has 1 saturated carbocycles. The first kappa shape index (κ1) is 12.1. The lowest BCUT2D eigenvalue weighted by atomic mass is 10.1. The van der Waals surface area contributed by atoms with Crippen molar-refractivity contribution < 1.29 is 4.79 Å². The van der Waals surface area contributed by atoms with Gasteiger partial charge in [0.2, 0.25) is 5.82 Å². The van der Waals surface area contributed by atoms with E-state index in [0.29, 0.717) is 12.0 Å². The average Bonchev–Trinajstić information content (AvgIpc) is 2.88. The Morgan fingerprint density at radius 1 is 1.53 bits per heavy atom. The molecule has 2 rings (SSSR count). The largest absolute Gasteiger partial charge is 0.347 e. The van der Waals surface area contributed by atoms with Gasteiger partial charge in [-0.15, -0.1) is 5.10 Å². The summed E-state index contributed by atoms with van der Waals surface area (Å²) >= 11 is 0. The van der Waals surface area contributed by atoms with E-state index < -0.39 is 0 Å². The predicted molar refractivity (Wildman–Crippen MR) is 64.6 cm³/mol. The number of rotatable bonds is 4. The zero-order valence-electron chi connectivity index (χ0n) is 10.5. The van der Waals surface area contributed by atoms with Crippen molar-refractivity contribution >= 4 is 5.91 Å². The molecule has 94 valence electrons. The number of aromatic nitrogens is 3. The molecule has 1 heterocycles. The Balaban J connectivity index is 1.90. The van der Waals surface area contributed by atoms with Gasteiger partial charge in [-0.2, -0.15) is 0 Å². The Kier molecular flexibility index (Phi) is 3.76. The van der Waals surface area contributed by atoms with E-state index in [2.05, 4.69) is 34.3 Å². The van der Waals surface area contributed by atoms with E-state index in [1.54, 1.807) is 0 Å². The van der Waals surface area contributed by atoms with Crippen LogP contribution in [0, 0.1) is 5.92 Å². The first-order chi connectivity index (χ1) is 8.19. The number of nitrogens with zero attached hydrogens (tertiary/aromatic N) is 2. The standard InChI is InChI=1S/C12H20N4O/c1-3-4-10-14-11(16-15-10)12(17)13-9-6-5-8(2)7-9/h8-9H,3-7H2,1-2H3,(H,13,17)(H,14,15,16). The van der Waals surface area contributed by atoms with Crippen LogP contribution >= 0.6 is 0 Å². The molecule has 1 aromatic heterocycles. The number of carbonyl (C=O) groups is 1. The van der Waals surface area contributed by atoms with Gasteiger partial charge in [0.25, 0.3) is 5.91 Å². The SMILES string of the molecule is CCCc1nc(C(=O)NC2CCC(C)C2)n[nH]1. The van der Waals surface area contributed by atoms with E-state index >= 15 is 0 Å². The third-order valence-electron chi connectivity index (χ3n) is 3.25. The molecule has 17 heavy (non-hydrogen) atoms.